The third-order valence-corrected chi connectivity index (χ3v) is 2.98. The third kappa shape index (κ3) is 1.22. The van der Waals surface area contributed by atoms with Crippen molar-refractivity contribution in [1.82, 2.24) is 0 Å². The Bertz CT molecular complexity index is 384. The smallest absolute Gasteiger partial charge is 0.191 e. The fourth-order valence-electron chi connectivity index (χ4n) is 2.24. The van der Waals surface area contributed by atoms with Gasteiger partial charge in [-0.05, 0) is 30.9 Å². The Morgan fingerprint density at radius 2 is 2.21 bits per heavy atom. The minimum absolute atomic E-state index is 0.540. The second-order valence-corrected chi connectivity index (χ2v) is 3.97. The lowest BCUT2D eigenvalue weighted by molar-refractivity contribution is 0.226. The number of benzene rings is 1. The van der Waals surface area contributed by atoms with Gasteiger partial charge in [0.15, 0.2) is 5.90 Å². The predicted molar refractivity (Wildman–Crippen MR) is 55.9 cm³/mol. The third-order valence-electron chi connectivity index (χ3n) is 2.98. The molecule has 0 bridgehead atoms. The summed E-state index contributed by atoms with van der Waals surface area (Å²) in [5, 5.41) is 0. The van der Waals surface area contributed by atoms with Crippen LogP contribution >= 0.6 is 0 Å². The van der Waals surface area contributed by atoms with Crippen LogP contribution < -0.4 is 0 Å². The summed E-state index contributed by atoms with van der Waals surface area (Å²) in [6, 6.07) is 8.36. The molecular formula is C12H13NO. The van der Waals surface area contributed by atoms with E-state index in [1.54, 1.807) is 0 Å². The van der Waals surface area contributed by atoms with Gasteiger partial charge in [-0.1, -0.05) is 18.2 Å². The second kappa shape index (κ2) is 3.12. The van der Waals surface area contributed by atoms with Gasteiger partial charge in [-0.15, -0.1) is 0 Å². The average molecular weight is 187 g/mol. The van der Waals surface area contributed by atoms with Gasteiger partial charge in [0, 0.05) is 5.92 Å². The number of aliphatic imine (C=N–C) groups is 1. The molecule has 1 fully saturated rings. The Balaban J connectivity index is 2.03. The lowest BCUT2D eigenvalue weighted by atomic mass is 9.90. The van der Waals surface area contributed by atoms with E-state index in [0.29, 0.717) is 5.92 Å². The van der Waals surface area contributed by atoms with Crippen LogP contribution in [0.15, 0.2) is 29.3 Å². The standard InChI is InChI=1S/C12H13NO/c1-2-6-11-9(4-1)8-10-5-3-7-14-12(10)13-11/h1-2,4,6,10H,3,5,7-8H2. The Hall–Kier alpha value is -1.31. The van der Waals surface area contributed by atoms with Crippen LogP contribution in [0.2, 0.25) is 0 Å². The van der Waals surface area contributed by atoms with Gasteiger partial charge in [0.05, 0.1) is 12.3 Å². The van der Waals surface area contributed by atoms with Gasteiger partial charge in [-0.3, -0.25) is 0 Å². The zero-order chi connectivity index (χ0) is 9.38. The molecule has 1 unspecified atom stereocenters. The summed E-state index contributed by atoms with van der Waals surface area (Å²) in [5.74, 6) is 1.51. The zero-order valence-electron chi connectivity index (χ0n) is 8.07. The number of para-hydroxylation sites is 1. The lowest BCUT2D eigenvalue weighted by Gasteiger charge is -2.28. The van der Waals surface area contributed by atoms with E-state index in [0.717, 1.165) is 24.6 Å². The van der Waals surface area contributed by atoms with Gasteiger partial charge >= 0.3 is 0 Å². The molecule has 1 saturated heterocycles. The molecule has 2 nitrogen and oxygen atoms in total. The molecule has 0 spiro atoms. The van der Waals surface area contributed by atoms with Crippen LogP contribution in [0.3, 0.4) is 0 Å². The number of hydrogen-bond donors (Lipinski definition) is 0. The van der Waals surface area contributed by atoms with Crippen LogP contribution in [0.25, 0.3) is 0 Å². The Morgan fingerprint density at radius 1 is 1.29 bits per heavy atom. The molecule has 2 heterocycles. The van der Waals surface area contributed by atoms with Crippen molar-refractivity contribution < 1.29 is 4.74 Å². The second-order valence-electron chi connectivity index (χ2n) is 3.97. The van der Waals surface area contributed by atoms with Gasteiger partial charge in [-0.2, -0.15) is 0 Å². The van der Waals surface area contributed by atoms with E-state index in [4.69, 9.17) is 4.74 Å². The van der Waals surface area contributed by atoms with Crippen molar-refractivity contribution in [2.24, 2.45) is 10.9 Å². The summed E-state index contributed by atoms with van der Waals surface area (Å²) in [6.07, 6.45) is 3.51. The summed E-state index contributed by atoms with van der Waals surface area (Å²) in [6.45, 7) is 0.845. The van der Waals surface area contributed by atoms with Gasteiger partial charge in [0.1, 0.15) is 0 Å². The molecule has 14 heavy (non-hydrogen) atoms. The maximum Gasteiger partial charge on any atom is 0.191 e. The van der Waals surface area contributed by atoms with Gasteiger partial charge in [0.2, 0.25) is 0 Å². The van der Waals surface area contributed by atoms with E-state index >= 15 is 0 Å². The van der Waals surface area contributed by atoms with E-state index in [-0.39, 0.29) is 0 Å². The molecule has 2 heteroatoms. The maximum atomic E-state index is 5.59. The highest BCUT2D eigenvalue weighted by Gasteiger charge is 2.26. The molecule has 72 valence electrons. The fraction of sp³-hybridized carbons (Fsp3) is 0.417. The molecule has 0 aliphatic carbocycles. The molecule has 2 aliphatic rings. The van der Waals surface area contributed by atoms with Crippen molar-refractivity contribution in [3.8, 4) is 0 Å². The fourth-order valence-corrected chi connectivity index (χ4v) is 2.24. The molecule has 2 aliphatic heterocycles. The van der Waals surface area contributed by atoms with Crippen LogP contribution in [-0.2, 0) is 11.2 Å². The normalized spacial score (nSPS) is 24.3. The SMILES string of the molecule is c1ccc2c(c1)CC1CCCOC1=N2. The van der Waals surface area contributed by atoms with Gasteiger partial charge < -0.3 is 4.74 Å². The summed E-state index contributed by atoms with van der Waals surface area (Å²) in [4.78, 5) is 4.56. The molecule has 3 rings (SSSR count). The van der Waals surface area contributed by atoms with Crippen LogP contribution in [0, 0.1) is 5.92 Å². The Morgan fingerprint density at radius 3 is 3.21 bits per heavy atom. The van der Waals surface area contributed by atoms with Crippen LogP contribution in [0.5, 0.6) is 0 Å². The van der Waals surface area contributed by atoms with Crippen LogP contribution in [-0.4, -0.2) is 12.5 Å². The molecule has 0 saturated carbocycles. The first kappa shape index (κ1) is 8.04. The first-order valence-electron chi connectivity index (χ1n) is 5.23. The van der Waals surface area contributed by atoms with Crippen LogP contribution in [0.1, 0.15) is 18.4 Å². The molecular weight excluding hydrogens is 174 g/mol. The number of fused-ring (bicyclic) bond motifs is 2. The van der Waals surface area contributed by atoms with Crippen molar-refractivity contribution in [1.29, 1.82) is 0 Å². The summed E-state index contributed by atoms with van der Waals surface area (Å²) < 4.78 is 5.59. The molecule has 1 aromatic carbocycles. The van der Waals surface area contributed by atoms with E-state index in [9.17, 15) is 0 Å². The van der Waals surface area contributed by atoms with Crippen LogP contribution in [0.4, 0.5) is 5.69 Å². The summed E-state index contributed by atoms with van der Waals surface area (Å²) in [7, 11) is 0. The number of nitrogens with zero attached hydrogens (tertiary/aromatic N) is 1. The molecule has 0 aromatic heterocycles. The summed E-state index contributed by atoms with van der Waals surface area (Å²) in [5.41, 5.74) is 2.47. The average Bonchev–Trinajstić information content (AvgIpc) is 2.26. The van der Waals surface area contributed by atoms with Gasteiger partial charge in [-0.25, -0.2) is 4.99 Å². The highest BCUT2D eigenvalue weighted by atomic mass is 16.5. The minimum atomic E-state index is 0.540. The van der Waals surface area contributed by atoms with Crippen molar-refractivity contribution in [3.05, 3.63) is 29.8 Å². The number of rotatable bonds is 0. The van der Waals surface area contributed by atoms with Gasteiger partial charge in [0.25, 0.3) is 0 Å². The number of hydrogen-bond acceptors (Lipinski definition) is 2. The highest BCUT2D eigenvalue weighted by Crippen LogP contribution is 2.32. The first-order chi connectivity index (χ1) is 6.93. The maximum absolute atomic E-state index is 5.59. The predicted octanol–water partition coefficient (Wildman–Crippen LogP) is 2.70. The Kier molecular flexibility index (Phi) is 1.79. The molecule has 0 N–H and O–H groups in total. The molecule has 0 amide bonds. The first-order valence-corrected chi connectivity index (χ1v) is 5.23. The summed E-state index contributed by atoms with van der Waals surface area (Å²) >= 11 is 0. The minimum Gasteiger partial charge on any atom is -0.481 e. The van der Waals surface area contributed by atoms with E-state index in [1.165, 1.54) is 18.4 Å². The number of ether oxygens (including phenoxy) is 1. The van der Waals surface area contributed by atoms with Crippen molar-refractivity contribution >= 4 is 11.6 Å². The quantitative estimate of drug-likeness (QED) is 0.612. The molecule has 1 atom stereocenters. The lowest BCUT2D eigenvalue weighted by Crippen LogP contribution is -2.28. The molecule has 0 radical (unpaired) electrons. The van der Waals surface area contributed by atoms with E-state index in [2.05, 4.69) is 23.2 Å². The largest absolute Gasteiger partial charge is 0.481 e. The van der Waals surface area contributed by atoms with Crippen molar-refractivity contribution in [3.63, 3.8) is 0 Å². The molecule has 1 aromatic rings. The van der Waals surface area contributed by atoms with E-state index in [1.807, 2.05) is 6.07 Å². The monoisotopic (exact) mass is 187 g/mol. The van der Waals surface area contributed by atoms with Crippen molar-refractivity contribution in [2.75, 3.05) is 6.61 Å². The Labute approximate surface area is 83.6 Å². The zero-order valence-corrected chi connectivity index (χ0v) is 8.07. The highest BCUT2D eigenvalue weighted by molar-refractivity contribution is 5.85. The topological polar surface area (TPSA) is 21.6 Å². The van der Waals surface area contributed by atoms with Crippen molar-refractivity contribution in [2.45, 2.75) is 19.3 Å². The van der Waals surface area contributed by atoms with E-state index < -0.39 is 0 Å².